The highest BCUT2D eigenvalue weighted by molar-refractivity contribution is 5.36. The Morgan fingerprint density at radius 1 is 1.38 bits per heavy atom. The van der Waals surface area contributed by atoms with E-state index in [1.807, 2.05) is 12.1 Å². The molecule has 5 heteroatoms. The maximum Gasteiger partial charge on any atom is 0.151 e. The van der Waals surface area contributed by atoms with E-state index in [1.165, 1.54) is 6.42 Å². The molecule has 0 aromatic carbocycles. The fourth-order valence-corrected chi connectivity index (χ4v) is 3.40. The topological polar surface area (TPSA) is 52.5 Å². The van der Waals surface area contributed by atoms with Gasteiger partial charge in [0.2, 0.25) is 0 Å². The van der Waals surface area contributed by atoms with Gasteiger partial charge in [-0.2, -0.15) is 5.10 Å². The monoisotopic (exact) mass is 290 g/mol. The third kappa shape index (κ3) is 3.52. The first-order valence-electron chi connectivity index (χ1n) is 8.12. The second kappa shape index (κ2) is 6.28. The number of aromatic nitrogens is 2. The molecule has 0 spiro atoms. The van der Waals surface area contributed by atoms with Gasteiger partial charge in [-0.25, -0.2) is 0 Å². The molecule has 1 saturated carbocycles. The van der Waals surface area contributed by atoms with Gasteiger partial charge in [0.15, 0.2) is 5.82 Å². The summed E-state index contributed by atoms with van der Waals surface area (Å²) < 4.78 is 0. The Labute approximate surface area is 127 Å². The Morgan fingerprint density at radius 3 is 2.71 bits per heavy atom. The van der Waals surface area contributed by atoms with Gasteiger partial charge in [-0.3, -0.25) is 0 Å². The Bertz CT molecular complexity index is 441. The number of hydrogen-bond acceptors (Lipinski definition) is 5. The molecule has 116 valence electrons. The average molecular weight is 290 g/mol. The van der Waals surface area contributed by atoms with Crippen LogP contribution in [0.15, 0.2) is 18.3 Å². The molecule has 2 heterocycles. The van der Waals surface area contributed by atoms with Gasteiger partial charge < -0.3 is 14.9 Å². The highest BCUT2D eigenvalue weighted by Gasteiger charge is 2.34. The summed E-state index contributed by atoms with van der Waals surface area (Å²) in [6.07, 6.45) is 8.17. The van der Waals surface area contributed by atoms with Crippen LogP contribution in [0.4, 0.5) is 5.82 Å². The molecule has 1 aliphatic heterocycles. The van der Waals surface area contributed by atoms with Gasteiger partial charge in [0, 0.05) is 38.9 Å². The zero-order chi connectivity index (χ0) is 14.7. The van der Waals surface area contributed by atoms with Crippen LogP contribution in [-0.4, -0.2) is 58.5 Å². The van der Waals surface area contributed by atoms with Gasteiger partial charge in [0.1, 0.15) is 0 Å². The highest BCUT2D eigenvalue weighted by Crippen LogP contribution is 2.34. The average Bonchev–Trinajstić information content (AvgIpc) is 2.52. The first kappa shape index (κ1) is 14.7. The number of rotatable bonds is 5. The van der Waals surface area contributed by atoms with Crippen LogP contribution in [0.1, 0.15) is 38.5 Å². The van der Waals surface area contributed by atoms with Crippen LogP contribution in [0.5, 0.6) is 0 Å². The molecule has 0 radical (unpaired) electrons. The zero-order valence-electron chi connectivity index (χ0n) is 12.9. The minimum absolute atomic E-state index is 0.340. The Kier molecular flexibility index (Phi) is 4.40. The minimum atomic E-state index is -0.340. The zero-order valence-corrected chi connectivity index (χ0v) is 12.9. The second-order valence-electron chi connectivity index (χ2n) is 6.59. The molecular weight excluding hydrogens is 264 g/mol. The molecule has 1 N–H and O–H groups in total. The predicted molar refractivity (Wildman–Crippen MR) is 83.3 cm³/mol. The van der Waals surface area contributed by atoms with E-state index in [2.05, 4.69) is 27.0 Å². The van der Waals surface area contributed by atoms with E-state index < -0.39 is 0 Å². The molecule has 2 aliphatic rings. The summed E-state index contributed by atoms with van der Waals surface area (Å²) in [5.41, 5.74) is -0.340. The maximum absolute atomic E-state index is 10.2. The molecule has 1 saturated heterocycles. The Balaban J connectivity index is 1.44. The summed E-state index contributed by atoms with van der Waals surface area (Å²) in [4.78, 5) is 4.75. The van der Waals surface area contributed by atoms with E-state index in [9.17, 15) is 5.11 Å². The molecule has 21 heavy (non-hydrogen) atoms. The largest absolute Gasteiger partial charge is 0.390 e. The molecule has 0 amide bonds. The van der Waals surface area contributed by atoms with E-state index >= 15 is 0 Å². The number of hydrogen-bond donors (Lipinski definition) is 1. The summed E-state index contributed by atoms with van der Waals surface area (Å²) in [5, 5.41) is 18.3. The van der Waals surface area contributed by atoms with Gasteiger partial charge >= 0.3 is 0 Å². The highest BCUT2D eigenvalue weighted by atomic mass is 16.3. The van der Waals surface area contributed by atoms with Gasteiger partial charge in [-0.15, -0.1) is 5.10 Å². The van der Waals surface area contributed by atoms with E-state index in [1.54, 1.807) is 6.20 Å². The van der Waals surface area contributed by atoms with Crippen molar-refractivity contribution in [1.29, 1.82) is 0 Å². The number of likely N-dealkylation sites (tertiary alicyclic amines) is 1. The summed E-state index contributed by atoms with van der Waals surface area (Å²) in [6, 6.07) is 4.50. The lowest BCUT2D eigenvalue weighted by Gasteiger charge is -2.41. The van der Waals surface area contributed by atoms with Crippen molar-refractivity contribution < 1.29 is 5.11 Å². The molecule has 0 bridgehead atoms. The SMILES string of the molecule is CN(c1cccnn1)C1CCN(CCC2(O)CCC2)CC1. The number of anilines is 1. The van der Waals surface area contributed by atoms with Gasteiger partial charge in [0.05, 0.1) is 5.60 Å². The van der Waals surface area contributed by atoms with Crippen molar-refractivity contribution >= 4 is 5.82 Å². The summed E-state index contributed by atoms with van der Waals surface area (Å²) >= 11 is 0. The van der Waals surface area contributed by atoms with Crippen molar-refractivity contribution in [1.82, 2.24) is 15.1 Å². The standard InChI is InChI=1S/C16H26N4O/c1-19(15-4-2-10-17-18-15)14-5-11-20(12-6-14)13-9-16(21)7-3-8-16/h2,4,10,14,21H,3,5-9,11-13H2,1H3. The Hall–Kier alpha value is -1.20. The summed E-state index contributed by atoms with van der Waals surface area (Å²) in [7, 11) is 2.11. The van der Waals surface area contributed by atoms with E-state index in [-0.39, 0.29) is 5.60 Å². The normalized spacial score (nSPS) is 22.8. The molecule has 2 fully saturated rings. The smallest absolute Gasteiger partial charge is 0.151 e. The molecule has 3 rings (SSSR count). The van der Waals surface area contributed by atoms with E-state index in [0.29, 0.717) is 6.04 Å². The Morgan fingerprint density at radius 2 is 2.14 bits per heavy atom. The molecule has 0 unspecified atom stereocenters. The van der Waals surface area contributed by atoms with Gasteiger partial charge in [0.25, 0.3) is 0 Å². The third-order valence-electron chi connectivity index (χ3n) is 5.20. The molecular formula is C16H26N4O. The lowest BCUT2D eigenvalue weighted by Crippen LogP contribution is -2.46. The summed E-state index contributed by atoms with van der Waals surface area (Å²) in [5.74, 6) is 0.958. The number of aliphatic hydroxyl groups is 1. The minimum Gasteiger partial charge on any atom is -0.390 e. The fraction of sp³-hybridized carbons (Fsp3) is 0.750. The maximum atomic E-state index is 10.2. The number of piperidine rings is 1. The molecule has 5 nitrogen and oxygen atoms in total. The van der Waals surface area contributed by atoms with E-state index in [0.717, 1.165) is 57.6 Å². The van der Waals surface area contributed by atoms with Crippen LogP contribution in [0.3, 0.4) is 0 Å². The fourth-order valence-electron chi connectivity index (χ4n) is 3.40. The first-order chi connectivity index (χ1) is 10.2. The van der Waals surface area contributed by atoms with Crippen molar-refractivity contribution in [3.05, 3.63) is 18.3 Å². The van der Waals surface area contributed by atoms with Crippen LogP contribution in [0, 0.1) is 0 Å². The quantitative estimate of drug-likeness (QED) is 0.894. The van der Waals surface area contributed by atoms with Crippen molar-refractivity contribution in [3.8, 4) is 0 Å². The lowest BCUT2D eigenvalue weighted by atomic mass is 9.78. The lowest BCUT2D eigenvalue weighted by molar-refractivity contribution is -0.0473. The summed E-state index contributed by atoms with van der Waals surface area (Å²) in [6.45, 7) is 3.27. The van der Waals surface area contributed by atoms with Gasteiger partial charge in [-0.05, 0) is 50.7 Å². The van der Waals surface area contributed by atoms with Crippen molar-refractivity contribution in [3.63, 3.8) is 0 Å². The van der Waals surface area contributed by atoms with Crippen LogP contribution >= 0.6 is 0 Å². The van der Waals surface area contributed by atoms with E-state index in [4.69, 9.17) is 0 Å². The second-order valence-corrected chi connectivity index (χ2v) is 6.59. The molecule has 1 aromatic heterocycles. The van der Waals surface area contributed by atoms with Gasteiger partial charge in [-0.1, -0.05) is 0 Å². The van der Waals surface area contributed by atoms with Crippen molar-refractivity contribution in [2.24, 2.45) is 0 Å². The third-order valence-corrected chi connectivity index (χ3v) is 5.20. The van der Waals surface area contributed by atoms with Crippen LogP contribution in [0.25, 0.3) is 0 Å². The van der Waals surface area contributed by atoms with Crippen molar-refractivity contribution in [2.75, 3.05) is 31.6 Å². The van der Waals surface area contributed by atoms with Crippen LogP contribution < -0.4 is 4.90 Å². The first-order valence-corrected chi connectivity index (χ1v) is 8.12. The molecule has 0 atom stereocenters. The number of nitrogens with zero attached hydrogens (tertiary/aromatic N) is 4. The molecule has 1 aliphatic carbocycles. The predicted octanol–water partition coefficient (Wildman–Crippen LogP) is 1.68. The molecule has 1 aromatic rings. The van der Waals surface area contributed by atoms with Crippen LogP contribution in [-0.2, 0) is 0 Å². The van der Waals surface area contributed by atoms with Crippen LogP contribution in [0.2, 0.25) is 0 Å². The van der Waals surface area contributed by atoms with Crippen molar-refractivity contribution in [2.45, 2.75) is 50.2 Å².